The van der Waals surface area contributed by atoms with E-state index >= 15 is 0 Å². The van der Waals surface area contributed by atoms with Crippen LogP contribution in [0.25, 0.3) is 0 Å². The molecule has 0 spiro atoms. The molecular weight excluding hydrogens is 1340 g/mol. The molecule has 0 saturated carbocycles. The van der Waals surface area contributed by atoms with Gasteiger partial charge in [-0.15, -0.1) is 0 Å². The van der Waals surface area contributed by atoms with E-state index in [1.54, 1.807) is 58.5 Å². The van der Waals surface area contributed by atoms with Crippen LogP contribution in [-0.2, 0) is 115 Å². The van der Waals surface area contributed by atoms with E-state index in [1.807, 2.05) is 0 Å². The summed E-state index contributed by atoms with van der Waals surface area (Å²) in [7, 11) is 0. The lowest BCUT2D eigenvalue weighted by atomic mass is 10.1. The van der Waals surface area contributed by atoms with Gasteiger partial charge in [0.15, 0.2) is 0 Å². The maximum atomic E-state index is 13.7. The number of hydrogen-bond donors (Lipinski definition) is 25. The number of carbonyl (C=O) groups excluding carboxylic acids is 11. The Morgan fingerprint density at radius 3 is 0.392 bits per heavy atom. The zero-order chi connectivity index (χ0) is 75.0. The molecule has 0 aromatic rings. The van der Waals surface area contributed by atoms with Crippen molar-refractivity contribution in [1.82, 2.24) is 58.5 Å². The number of nitrogens with one attached hydrogen (secondary N) is 11. The first-order valence-corrected chi connectivity index (χ1v) is 26.7. The van der Waals surface area contributed by atoms with Crippen LogP contribution in [-0.4, -0.2) is 281 Å². The van der Waals surface area contributed by atoms with Gasteiger partial charge in [-0.05, 0) is 0 Å². The smallest absolute Gasteiger partial charge is 0.326 e. The maximum absolute atomic E-state index is 13.7. The third-order valence-electron chi connectivity index (χ3n) is 11.8. The van der Waals surface area contributed by atoms with Gasteiger partial charge in [-0.2, -0.15) is 0 Å². The number of carboxylic acids is 13. The number of hydrogen-bond acceptors (Lipinski definition) is 25. The van der Waals surface area contributed by atoms with Crippen LogP contribution in [0.2, 0.25) is 0 Å². The molecule has 11 amide bonds. The minimum Gasteiger partial charge on any atom is -0.481 e. The van der Waals surface area contributed by atoms with E-state index in [0.29, 0.717) is 0 Å². The van der Waals surface area contributed by atoms with Crippen molar-refractivity contribution >= 4 is 143 Å². The highest BCUT2D eigenvalue weighted by Crippen LogP contribution is 2.09. The molecule has 0 aliphatic carbocycles. The molecule has 0 heterocycles. The Hall–Kier alpha value is -12.8. The topological polar surface area (TPSA) is 831 Å². The second-order valence-electron chi connectivity index (χ2n) is 19.8. The van der Waals surface area contributed by atoms with Gasteiger partial charge in [-0.3, -0.25) is 110 Å². The summed E-state index contributed by atoms with van der Waals surface area (Å²) in [6.07, 6.45) is -17.9. The Labute approximate surface area is 536 Å². The highest BCUT2D eigenvalue weighted by atomic mass is 16.4. The molecule has 0 bridgehead atoms. The summed E-state index contributed by atoms with van der Waals surface area (Å²) in [6, 6.07) is -29.5. The fourth-order valence-electron chi connectivity index (χ4n) is 7.50. The molecule has 0 radical (unpaired) electrons. The van der Waals surface area contributed by atoms with Gasteiger partial charge in [0.25, 0.3) is 0 Å². The number of amides is 11. The van der Waals surface area contributed by atoms with E-state index in [9.17, 15) is 171 Å². The fraction of sp³-hybridized carbons (Fsp3) is 0.500. The van der Waals surface area contributed by atoms with Crippen molar-refractivity contribution in [2.24, 2.45) is 5.73 Å². The predicted molar refractivity (Wildman–Crippen MR) is 294 cm³/mol. The highest BCUT2D eigenvalue weighted by Gasteiger charge is 2.40. The standard InChI is InChI=1S/C48H62N12O37/c49-13(1-25(61)62)37(85)50-14(2-26(63)64)38(86)51-15(3-27(65)66)39(87)52-16(4-28(67)68)40(88)53-17(5-29(69)70)41(89)54-18(6-30(71)72)42(90)55-19(7-31(73)74)43(91)56-20(8-32(75)76)44(92)57-21(9-33(77)78)45(93)58-22(10-34(79)80)46(94)59-23(11-35(81)82)47(95)60-24(48(96)97)12-36(83)84/h13-24H,1-12,49H2,(H,50,85)(H,51,86)(H,52,87)(H,53,88)(H,54,89)(H,55,90)(H,56,91)(H,57,92)(H,58,93)(H,59,94)(H,60,95)(H,61,62)(H,63,64)(H,65,66)(H,67,68)(H,69,70)(H,71,72)(H,73,74)(H,75,76)(H,77,78)(H,79,80)(H,81,82)(H,83,84)(H,96,97)/t13-,14-,15-,16-,17-,18-,19-,20-,21-,22-,23-,24-/m0/s1. The molecule has 0 aliphatic heterocycles. The van der Waals surface area contributed by atoms with Crippen molar-refractivity contribution in [2.45, 2.75) is 150 Å². The lowest BCUT2D eigenvalue weighted by Crippen LogP contribution is -2.61. The van der Waals surface area contributed by atoms with Crippen LogP contribution >= 0.6 is 0 Å². The molecule has 0 aliphatic rings. The van der Waals surface area contributed by atoms with Crippen LogP contribution in [0.5, 0.6) is 0 Å². The van der Waals surface area contributed by atoms with Crippen LogP contribution in [0.15, 0.2) is 0 Å². The Kier molecular flexibility index (Phi) is 35.0. The summed E-state index contributed by atoms with van der Waals surface area (Å²) in [5.74, 6) is -45.3. The Morgan fingerprint density at radius 2 is 0.278 bits per heavy atom. The van der Waals surface area contributed by atoms with Crippen LogP contribution in [0, 0.1) is 0 Å². The van der Waals surface area contributed by atoms with Gasteiger partial charge in [0.2, 0.25) is 65.0 Å². The van der Waals surface area contributed by atoms with E-state index in [4.69, 9.17) is 15.9 Å². The van der Waals surface area contributed by atoms with E-state index in [1.165, 1.54) is 0 Å². The molecule has 49 nitrogen and oxygen atoms in total. The van der Waals surface area contributed by atoms with E-state index in [0.717, 1.165) is 0 Å². The van der Waals surface area contributed by atoms with Crippen molar-refractivity contribution in [3.05, 3.63) is 0 Å². The zero-order valence-electron chi connectivity index (χ0n) is 49.1. The van der Waals surface area contributed by atoms with Crippen LogP contribution < -0.4 is 64.2 Å². The van der Waals surface area contributed by atoms with Crippen molar-refractivity contribution < 1.29 is 181 Å². The first-order chi connectivity index (χ1) is 44.7. The quantitative estimate of drug-likeness (QED) is 0.0269. The monoisotopic (exact) mass is 1400 g/mol. The van der Waals surface area contributed by atoms with Crippen molar-refractivity contribution in [1.29, 1.82) is 0 Å². The third kappa shape index (κ3) is 33.9. The van der Waals surface area contributed by atoms with Crippen LogP contribution in [0.1, 0.15) is 77.0 Å². The number of carboxylic acid groups (broad SMARTS) is 13. The molecule has 0 unspecified atom stereocenters. The van der Waals surface area contributed by atoms with E-state index in [2.05, 4.69) is 0 Å². The summed E-state index contributed by atoms with van der Waals surface area (Å²) >= 11 is 0. The molecule has 49 heteroatoms. The highest BCUT2D eigenvalue weighted by molar-refractivity contribution is 6.03. The zero-order valence-corrected chi connectivity index (χ0v) is 49.1. The van der Waals surface area contributed by atoms with Gasteiger partial charge in [-0.25, -0.2) is 4.79 Å². The van der Waals surface area contributed by atoms with Crippen molar-refractivity contribution in [3.8, 4) is 0 Å². The molecule has 536 valence electrons. The molecule has 0 fully saturated rings. The molecule has 26 N–H and O–H groups in total. The predicted octanol–water partition coefficient (Wildman–Crippen LogP) is -12.6. The molecular formula is C48H62N12O37. The van der Waals surface area contributed by atoms with Crippen LogP contribution in [0.4, 0.5) is 0 Å². The molecule has 0 rings (SSSR count). The number of rotatable bonds is 47. The van der Waals surface area contributed by atoms with Crippen LogP contribution in [0.3, 0.4) is 0 Å². The number of carbonyl (C=O) groups is 24. The number of nitrogens with two attached hydrogens (primary N) is 1. The van der Waals surface area contributed by atoms with Gasteiger partial charge in [0, 0.05) is 0 Å². The van der Waals surface area contributed by atoms with Gasteiger partial charge in [-0.1, -0.05) is 0 Å². The maximum Gasteiger partial charge on any atom is 0.326 e. The summed E-state index contributed by atoms with van der Waals surface area (Å²) in [4.78, 5) is 298. The minimum atomic E-state index is -2.65. The molecule has 12 atom stereocenters. The molecule has 0 saturated heterocycles. The summed E-state index contributed by atoms with van der Waals surface area (Å²) in [6.45, 7) is 0. The normalized spacial score (nSPS) is 14.3. The van der Waals surface area contributed by atoms with E-state index in [-0.39, 0.29) is 0 Å². The SMILES string of the molecule is N[C@@H](CC(=O)O)C(=O)N[C@@H](CC(=O)O)C(=O)N[C@@H](CC(=O)O)C(=O)N[C@@H](CC(=O)O)C(=O)N[C@@H](CC(=O)O)C(=O)N[C@@H](CC(=O)O)C(=O)N[C@@H](CC(=O)O)C(=O)N[C@@H](CC(=O)O)C(=O)N[C@@H](CC(=O)O)C(=O)N[C@@H](CC(=O)O)C(=O)N[C@@H](CC(=O)O)C(=O)N[C@@H](CC(=O)O)C(=O)O. The lowest BCUT2D eigenvalue weighted by Gasteiger charge is -2.27. The van der Waals surface area contributed by atoms with Crippen molar-refractivity contribution in [3.63, 3.8) is 0 Å². The fourth-order valence-corrected chi connectivity index (χ4v) is 7.50. The van der Waals surface area contributed by atoms with Gasteiger partial charge < -0.3 is 131 Å². The molecule has 97 heavy (non-hydrogen) atoms. The van der Waals surface area contributed by atoms with Crippen molar-refractivity contribution in [2.75, 3.05) is 0 Å². The Balaban J connectivity index is 7.07. The summed E-state index contributed by atoms with van der Waals surface area (Å²) < 4.78 is 0. The lowest BCUT2D eigenvalue weighted by molar-refractivity contribution is -0.148. The second kappa shape index (κ2) is 40.3. The third-order valence-corrected chi connectivity index (χ3v) is 11.8. The first-order valence-electron chi connectivity index (χ1n) is 26.7. The molecule has 0 aromatic heterocycles. The first kappa shape index (κ1) is 84.2. The minimum absolute atomic E-state index is 1.07. The average molecular weight is 1400 g/mol. The molecule has 0 aromatic carbocycles. The largest absolute Gasteiger partial charge is 0.481 e. The van der Waals surface area contributed by atoms with Gasteiger partial charge >= 0.3 is 77.6 Å². The summed E-state index contributed by atoms with van der Waals surface area (Å²) in [5.41, 5.74) is 5.41. The van der Waals surface area contributed by atoms with Gasteiger partial charge in [0.1, 0.15) is 66.5 Å². The average Bonchev–Trinajstić information content (AvgIpc) is 0.875. The van der Waals surface area contributed by atoms with Gasteiger partial charge in [0.05, 0.1) is 83.1 Å². The second-order valence-corrected chi connectivity index (χ2v) is 19.8. The number of aliphatic carboxylic acids is 13. The Morgan fingerprint density at radius 1 is 0.175 bits per heavy atom. The Bertz CT molecular complexity index is 3150. The van der Waals surface area contributed by atoms with E-state index < -0.39 is 292 Å². The summed E-state index contributed by atoms with van der Waals surface area (Å²) in [5, 5.41) is 140.